The number of carbonyl (C=O) groups is 1. The molecule has 1 atom stereocenters. The number of aliphatic carboxylic acids is 1. The molecule has 0 saturated heterocycles. The zero-order valence-electron chi connectivity index (χ0n) is 21.8. The molecule has 0 heterocycles. The van der Waals surface area contributed by atoms with E-state index >= 15 is 0 Å². The van der Waals surface area contributed by atoms with Gasteiger partial charge in [-0.1, -0.05) is 77.4 Å². The number of carboxylic acids is 1. The molecule has 4 rings (SSSR count). The van der Waals surface area contributed by atoms with Crippen LogP contribution >= 0.6 is 0 Å². The molecule has 1 saturated carbocycles. The van der Waals surface area contributed by atoms with Gasteiger partial charge in [0, 0.05) is 5.92 Å². The lowest BCUT2D eigenvalue weighted by atomic mass is 9.72. The summed E-state index contributed by atoms with van der Waals surface area (Å²) in [6, 6.07) is 23.7. The molecule has 0 aliphatic heterocycles. The lowest BCUT2D eigenvalue weighted by Crippen LogP contribution is -2.31. The molecule has 1 aliphatic rings. The largest absolute Gasteiger partial charge is 0.481 e. The van der Waals surface area contributed by atoms with Crippen molar-refractivity contribution in [2.45, 2.75) is 59.3 Å². The number of carboxylic acid groups (broad SMARTS) is 1. The number of hydrogen-bond donors (Lipinski definition) is 1. The SMILES string of the molecule is CC(=NOCC(Cc1ccc(C)c(C)c1)c1cccc(C)c1)c1ccc(CC2CC(C(=O)O)C2)cc1. The number of benzene rings is 3. The van der Waals surface area contributed by atoms with Gasteiger partial charge in [0.15, 0.2) is 0 Å². The molecular weight excluding hydrogens is 446 g/mol. The van der Waals surface area contributed by atoms with E-state index in [1.165, 1.54) is 33.4 Å². The molecule has 1 fully saturated rings. The van der Waals surface area contributed by atoms with E-state index < -0.39 is 5.97 Å². The van der Waals surface area contributed by atoms with Crippen molar-refractivity contribution < 1.29 is 14.7 Å². The van der Waals surface area contributed by atoms with E-state index in [-0.39, 0.29) is 11.8 Å². The van der Waals surface area contributed by atoms with Gasteiger partial charge in [0.25, 0.3) is 0 Å². The van der Waals surface area contributed by atoms with Gasteiger partial charge in [0.1, 0.15) is 6.61 Å². The van der Waals surface area contributed by atoms with Gasteiger partial charge in [-0.15, -0.1) is 0 Å². The lowest BCUT2D eigenvalue weighted by Gasteiger charge is -2.32. The molecule has 0 bridgehead atoms. The Hall–Kier alpha value is -3.40. The summed E-state index contributed by atoms with van der Waals surface area (Å²) in [5, 5.41) is 13.5. The molecule has 0 radical (unpaired) electrons. The van der Waals surface area contributed by atoms with E-state index in [0.717, 1.165) is 37.0 Å². The average molecular weight is 484 g/mol. The fourth-order valence-corrected chi connectivity index (χ4v) is 5.01. The first-order chi connectivity index (χ1) is 17.3. The molecule has 4 heteroatoms. The Labute approximate surface area is 215 Å². The van der Waals surface area contributed by atoms with Crippen molar-refractivity contribution in [3.63, 3.8) is 0 Å². The number of oxime groups is 1. The van der Waals surface area contributed by atoms with Crippen LogP contribution in [0, 0.1) is 32.6 Å². The van der Waals surface area contributed by atoms with Crippen molar-refractivity contribution in [2.24, 2.45) is 17.0 Å². The van der Waals surface area contributed by atoms with Gasteiger partial charge in [-0.25, -0.2) is 0 Å². The van der Waals surface area contributed by atoms with Gasteiger partial charge in [0.05, 0.1) is 11.6 Å². The minimum absolute atomic E-state index is 0.153. The van der Waals surface area contributed by atoms with Crippen LogP contribution in [0.1, 0.15) is 64.6 Å². The summed E-state index contributed by atoms with van der Waals surface area (Å²) in [6.45, 7) is 8.92. The molecular formula is C32H37NO3. The Bertz CT molecular complexity index is 1220. The van der Waals surface area contributed by atoms with Gasteiger partial charge < -0.3 is 9.94 Å². The fraction of sp³-hybridized carbons (Fsp3) is 0.375. The first kappa shape index (κ1) is 25.7. The Morgan fingerprint density at radius 1 is 0.972 bits per heavy atom. The van der Waals surface area contributed by atoms with Crippen LogP contribution < -0.4 is 0 Å². The highest BCUT2D eigenvalue weighted by Gasteiger charge is 2.34. The minimum Gasteiger partial charge on any atom is -0.481 e. The lowest BCUT2D eigenvalue weighted by molar-refractivity contribution is -0.146. The third-order valence-electron chi connectivity index (χ3n) is 7.53. The third-order valence-corrected chi connectivity index (χ3v) is 7.53. The van der Waals surface area contributed by atoms with Crippen LogP contribution in [0.2, 0.25) is 0 Å². The van der Waals surface area contributed by atoms with Gasteiger partial charge in [0.2, 0.25) is 0 Å². The molecule has 1 aliphatic carbocycles. The van der Waals surface area contributed by atoms with Gasteiger partial charge >= 0.3 is 5.97 Å². The van der Waals surface area contributed by atoms with E-state index in [2.05, 4.69) is 92.7 Å². The Morgan fingerprint density at radius 2 is 1.69 bits per heavy atom. The fourth-order valence-electron chi connectivity index (χ4n) is 5.01. The van der Waals surface area contributed by atoms with Crippen LogP contribution in [-0.4, -0.2) is 23.4 Å². The number of rotatable bonds is 10. The molecule has 0 aromatic heterocycles. The summed E-state index contributed by atoms with van der Waals surface area (Å²) >= 11 is 0. The monoisotopic (exact) mass is 483 g/mol. The highest BCUT2D eigenvalue weighted by molar-refractivity contribution is 5.98. The van der Waals surface area contributed by atoms with E-state index in [9.17, 15) is 4.79 Å². The normalized spacial score (nSPS) is 18.4. The molecule has 4 nitrogen and oxygen atoms in total. The molecule has 36 heavy (non-hydrogen) atoms. The maximum absolute atomic E-state index is 11.0. The Balaban J connectivity index is 1.38. The quantitative estimate of drug-likeness (QED) is 0.249. The molecule has 0 spiro atoms. The van der Waals surface area contributed by atoms with Crippen molar-refractivity contribution in [3.8, 4) is 0 Å². The van der Waals surface area contributed by atoms with E-state index in [1.807, 2.05) is 6.92 Å². The Kier molecular flexibility index (Phi) is 8.25. The highest BCUT2D eigenvalue weighted by atomic mass is 16.6. The third kappa shape index (κ3) is 6.63. The second-order valence-electron chi connectivity index (χ2n) is 10.5. The molecule has 0 amide bonds. The zero-order valence-corrected chi connectivity index (χ0v) is 21.8. The van der Waals surface area contributed by atoms with Crippen molar-refractivity contribution >= 4 is 11.7 Å². The van der Waals surface area contributed by atoms with Crippen molar-refractivity contribution in [1.82, 2.24) is 0 Å². The molecule has 188 valence electrons. The first-order valence-electron chi connectivity index (χ1n) is 12.9. The van der Waals surface area contributed by atoms with Crippen molar-refractivity contribution in [3.05, 3.63) is 106 Å². The Morgan fingerprint density at radius 3 is 2.36 bits per heavy atom. The predicted octanol–water partition coefficient (Wildman–Crippen LogP) is 7.03. The van der Waals surface area contributed by atoms with Crippen molar-refractivity contribution in [2.75, 3.05) is 6.61 Å². The summed E-state index contributed by atoms with van der Waals surface area (Å²) < 4.78 is 0. The maximum Gasteiger partial charge on any atom is 0.306 e. The van der Waals surface area contributed by atoms with E-state index in [1.54, 1.807) is 0 Å². The molecule has 1 unspecified atom stereocenters. The summed E-state index contributed by atoms with van der Waals surface area (Å²) in [7, 11) is 0. The van der Waals surface area contributed by atoms with Crippen LogP contribution in [-0.2, 0) is 22.5 Å². The second-order valence-corrected chi connectivity index (χ2v) is 10.5. The highest BCUT2D eigenvalue weighted by Crippen LogP contribution is 2.36. The van der Waals surface area contributed by atoms with Crippen LogP contribution in [0.25, 0.3) is 0 Å². The number of nitrogens with zero attached hydrogens (tertiary/aromatic N) is 1. The molecule has 1 N–H and O–H groups in total. The van der Waals surface area contributed by atoms with Gasteiger partial charge in [-0.3, -0.25) is 4.79 Å². The van der Waals surface area contributed by atoms with Crippen molar-refractivity contribution in [1.29, 1.82) is 0 Å². The van der Waals surface area contributed by atoms with Crippen LogP contribution in [0.5, 0.6) is 0 Å². The van der Waals surface area contributed by atoms with Crippen LogP contribution in [0.15, 0.2) is 71.9 Å². The molecule has 3 aromatic rings. The van der Waals surface area contributed by atoms with Crippen LogP contribution in [0.4, 0.5) is 0 Å². The molecule has 3 aromatic carbocycles. The number of aryl methyl sites for hydroxylation is 3. The average Bonchev–Trinajstić information content (AvgIpc) is 2.82. The van der Waals surface area contributed by atoms with Crippen LogP contribution in [0.3, 0.4) is 0 Å². The zero-order chi connectivity index (χ0) is 25.7. The van der Waals surface area contributed by atoms with Gasteiger partial charge in [-0.05, 0) is 92.7 Å². The topological polar surface area (TPSA) is 58.9 Å². The first-order valence-corrected chi connectivity index (χ1v) is 12.9. The summed E-state index contributed by atoms with van der Waals surface area (Å²) in [5.41, 5.74) is 9.59. The van der Waals surface area contributed by atoms with Gasteiger partial charge in [-0.2, -0.15) is 0 Å². The number of hydrogen-bond acceptors (Lipinski definition) is 3. The minimum atomic E-state index is -0.660. The predicted molar refractivity (Wildman–Crippen MR) is 146 cm³/mol. The van der Waals surface area contributed by atoms with E-state index in [0.29, 0.717) is 12.5 Å². The summed E-state index contributed by atoms with van der Waals surface area (Å²) in [4.78, 5) is 16.9. The summed E-state index contributed by atoms with van der Waals surface area (Å²) in [6.07, 6.45) is 3.41. The standard InChI is InChI=1S/C32H37NO3/c1-21-6-5-7-29(14-21)31(17-26-9-8-22(2)23(3)15-26)20-36-33-24(4)28-12-10-25(11-13-28)16-27-18-30(19-27)32(34)35/h5-15,27,30-31H,16-20H2,1-4H3,(H,34,35). The smallest absolute Gasteiger partial charge is 0.306 e. The van der Waals surface area contributed by atoms with E-state index in [4.69, 9.17) is 9.94 Å². The second kappa shape index (κ2) is 11.6. The maximum atomic E-state index is 11.0. The summed E-state index contributed by atoms with van der Waals surface area (Å²) in [5.74, 6) is -0.125.